The minimum absolute atomic E-state index is 0.358. The standard InChI is InChI=1S/C7H4ClN3OS/c8-5-3-9-4-6(11-5)13-7-10-1-2-12-7/h1-4H. The van der Waals surface area contributed by atoms with E-state index in [1.165, 1.54) is 24.2 Å². The molecule has 0 atom stereocenters. The molecule has 0 aliphatic heterocycles. The molecule has 13 heavy (non-hydrogen) atoms. The minimum atomic E-state index is 0.358. The molecule has 2 heterocycles. The average molecular weight is 214 g/mol. The Morgan fingerprint density at radius 1 is 1.38 bits per heavy atom. The number of oxazole rings is 1. The molecule has 6 heteroatoms. The highest BCUT2D eigenvalue weighted by atomic mass is 35.5. The molecule has 4 nitrogen and oxygen atoms in total. The Balaban J connectivity index is 2.19. The first kappa shape index (κ1) is 8.52. The van der Waals surface area contributed by atoms with Crippen LogP contribution in [0.25, 0.3) is 0 Å². The van der Waals surface area contributed by atoms with E-state index in [0.29, 0.717) is 15.4 Å². The lowest BCUT2D eigenvalue weighted by Crippen LogP contribution is -1.82. The van der Waals surface area contributed by atoms with Crippen LogP contribution in [0.3, 0.4) is 0 Å². The fraction of sp³-hybridized carbons (Fsp3) is 0. The van der Waals surface area contributed by atoms with Crippen LogP contribution in [0.15, 0.2) is 39.5 Å². The van der Waals surface area contributed by atoms with Crippen molar-refractivity contribution in [2.75, 3.05) is 0 Å². The first-order valence-electron chi connectivity index (χ1n) is 3.39. The summed E-state index contributed by atoms with van der Waals surface area (Å²) in [6.45, 7) is 0. The zero-order chi connectivity index (χ0) is 9.10. The highest BCUT2D eigenvalue weighted by Gasteiger charge is 2.03. The first-order valence-corrected chi connectivity index (χ1v) is 4.59. The normalized spacial score (nSPS) is 10.2. The predicted molar refractivity (Wildman–Crippen MR) is 47.7 cm³/mol. The van der Waals surface area contributed by atoms with Crippen LogP contribution in [-0.2, 0) is 0 Å². The summed E-state index contributed by atoms with van der Waals surface area (Å²) in [5.74, 6) is 0. The van der Waals surface area contributed by atoms with Gasteiger partial charge in [-0.3, -0.25) is 4.98 Å². The lowest BCUT2D eigenvalue weighted by atomic mass is 10.8. The zero-order valence-electron chi connectivity index (χ0n) is 6.35. The molecule has 0 unspecified atom stereocenters. The van der Waals surface area contributed by atoms with Crippen molar-refractivity contribution in [3.63, 3.8) is 0 Å². The van der Waals surface area contributed by atoms with Gasteiger partial charge in [0, 0.05) is 0 Å². The van der Waals surface area contributed by atoms with Gasteiger partial charge in [0.1, 0.15) is 16.4 Å². The van der Waals surface area contributed by atoms with Gasteiger partial charge in [-0.1, -0.05) is 11.6 Å². The van der Waals surface area contributed by atoms with Crippen molar-refractivity contribution < 1.29 is 4.42 Å². The van der Waals surface area contributed by atoms with Crippen LogP contribution in [0.2, 0.25) is 5.15 Å². The maximum atomic E-state index is 5.65. The number of nitrogens with zero attached hydrogens (tertiary/aromatic N) is 3. The second-order valence-corrected chi connectivity index (χ2v) is 3.44. The molecule has 0 radical (unpaired) electrons. The van der Waals surface area contributed by atoms with Crippen molar-refractivity contribution in [2.24, 2.45) is 0 Å². The van der Waals surface area contributed by atoms with Crippen LogP contribution in [-0.4, -0.2) is 15.0 Å². The third-order valence-corrected chi connectivity index (χ3v) is 2.15. The number of hydrogen-bond acceptors (Lipinski definition) is 5. The molecule has 0 aliphatic rings. The van der Waals surface area contributed by atoms with Gasteiger partial charge in [0.25, 0.3) is 5.22 Å². The summed E-state index contributed by atoms with van der Waals surface area (Å²) in [5.41, 5.74) is 0. The van der Waals surface area contributed by atoms with Crippen molar-refractivity contribution in [2.45, 2.75) is 10.2 Å². The SMILES string of the molecule is Clc1cncc(Sc2ncco2)n1. The van der Waals surface area contributed by atoms with Crippen molar-refractivity contribution in [3.05, 3.63) is 30.0 Å². The molecule has 0 saturated heterocycles. The number of halogens is 1. The number of hydrogen-bond donors (Lipinski definition) is 0. The summed E-state index contributed by atoms with van der Waals surface area (Å²) in [6, 6.07) is 0. The lowest BCUT2D eigenvalue weighted by molar-refractivity contribution is 0.454. The first-order chi connectivity index (χ1) is 6.34. The smallest absolute Gasteiger partial charge is 0.262 e. The summed E-state index contributed by atoms with van der Waals surface area (Å²) >= 11 is 6.92. The van der Waals surface area contributed by atoms with Gasteiger partial charge in [-0.2, -0.15) is 0 Å². The maximum Gasteiger partial charge on any atom is 0.262 e. The molecule has 2 aromatic rings. The van der Waals surface area contributed by atoms with E-state index in [1.807, 2.05) is 0 Å². The van der Waals surface area contributed by atoms with Crippen molar-refractivity contribution in [3.8, 4) is 0 Å². The number of aromatic nitrogens is 3. The van der Waals surface area contributed by atoms with Gasteiger partial charge in [-0.25, -0.2) is 9.97 Å². The van der Waals surface area contributed by atoms with Gasteiger partial charge in [0.2, 0.25) is 0 Å². The predicted octanol–water partition coefficient (Wildman–Crippen LogP) is 2.27. The third-order valence-electron chi connectivity index (χ3n) is 1.18. The highest BCUT2D eigenvalue weighted by Crippen LogP contribution is 2.23. The Morgan fingerprint density at radius 3 is 3.00 bits per heavy atom. The topological polar surface area (TPSA) is 51.8 Å². The lowest BCUT2D eigenvalue weighted by Gasteiger charge is -1.94. The molecule has 0 spiro atoms. The molecular formula is C7H4ClN3OS. The summed E-state index contributed by atoms with van der Waals surface area (Å²) < 4.78 is 5.02. The van der Waals surface area contributed by atoms with E-state index in [4.69, 9.17) is 16.0 Å². The number of rotatable bonds is 2. The van der Waals surface area contributed by atoms with Gasteiger partial charge in [0.15, 0.2) is 0 Å². The van der Waals surface area contributed by atoms with E-state index in [2.05, 4.69) is 15.0 Å². The van der Waals surface area contributed by atoms with Crippen molar-refractivity contribution >= 4 is 23.4 Å². The molecule has 0 N–H and O–H groups in total. The molecule has 0 aromatic carbocycles. The van der Waals surface area contributed by atoms with Gasteiger partial charge >= 0.3 is 0 Å². The van der Waals surface area contributed by atoms with Crippen molar-refractivity contribution in [1.29, 1.82) is 0 Å². The minimum Gasteiger partial charge on any atom is -0.440 e. The van der Waals surface area contributed by atoms with Crippen LogP contribution >= 0.6 is 23.4 Å². The average Bonchev–Trinajstić information content (AvgIpc) is 2.57. The maximum absolute atomic E-state index is 5.65. The molecule has 0 saturated carbocycles. The Labute approximate surface area is 83.4 Å². The largest absolute Gasteiger partial charge is 0.440 e. The molecular weight excluding hydrogens is 210 g/mol. The van der Waals surface area contributed by atoms with E-state index >= 15 is 0 Å². The highest BCUT2D eigenvalue weighted by molar-refractivity contribution is 7.99. The molecule has 2 aromatic heterocycles. The Kier molecular flexibility index (Phi) is 2.47. The van der Waals surface area contributed by atoms with Crippen molar-refractivity contribution in [1.82, 2.24) is 15.0 Å². The van der Waals surface area contributed by atoms with Gasteiger partial charge < -0.3 is 4.42 Å². The van der Waals surface area contributed by atoms with Gasteiger partial charge in [0.05, 0.1) is 18.6 Å². The summed E-state index contributed by atoms with van der Waals surface area (Å²) in [5, 5.41) is 1.54. The van der Waals surface area contributed by atoms with E-state index in [-0.39, 0.29) is 0 Å². The zero-order valence-corrected chi connectivity index (χ0v) is 7.92. The monoisotopic (exact) mass is 213 g/mol. The van der Waals surface area contributed by atoms with Gasteiger partial charge in [-0.15, -0.1) is 0 Å². The fourth-order valence-electron chi connectivity index (χ4n) is 0.725. The Hall–Kier alpha value is -1.07. The van der Waals surface area contributed by atoms with E-state index in [1.54, 1.807) is 12.4 Å². The van der Waals surface area contributed by atoms with Crippen LogP contribution in [0.5, 0.6) is 0 Å². The summed E-state index contributed by atoms with van der Waals surface area (Å²) in [7, 11) is 0. The third kappa shape index (κ3) is 2.19. The van der Waals surface area contributed by atoms with E-state index < -0.39 is 0 Å². The summed E-state index contributed by atoms with van der Waals surface area (Å²) in [6.07, 6.45) is 6.14. The van der Waals surface area contributed by atoms with E-state index in [0.717, 1.165) is 0 Å². The van der Waals surface area contributed by atoms with Crippen LogP contribution < -0.4 is 0 Å². The Bertz CT molecular complexity index is 392. The van der Waals surface area contributed by atoms with Gasteiger partial charge in [-0.05, 0) is 11.8 Å². The second-order valence-electron chi connectivity index (χ2n) is 2.08. The molecule has 0 aliphatic carbocycles. The molecule has 0 fully saturated rings. The van der Waals surface area contributed by atoms with E-state index in [9.17, 15) is 0 Å². The van der Waals surface area contributed by atoms with Crippen LogP contribution in [0.1, 0.15) is 0 Å². The Morgan fingerprint density at radius 2 is 2.31 bits per heavy atom. The molecule has 0 bridgehead atoms. The van der Waals surface area contributed by atoms with Crippen LogP contribution in [0, 0.1) is 0 Å². The molecule has 66 valence electrons. The quantitative estimate of drug-likeness (QED) is 0.766. The summed E-state index contributed by atoms with van der Waals surface area (Å²) in [4.78, 5) is 11.8. The fourth-order valence-corrected chi connectivity index (χ4v) is 1.58. The molecule has 2 rings (SSSR count). The van der Waals surface area contributed by atoms with Crippen LogP contribution in [0.4, 0.5) is 0 Å². The second kappa shape index (κ2) is 3.76. The molecule has 0 amide bonds.